The molecule has 0 bridgehead atoms. The van der Waals surface area contributed by atoms with E-state index in [4.69, 9.17) is 19.5 Å². The number of hydrogen-bond acceptors (Lipinski definition) is 4. The van der Waals surface area contributed by atoms with E-state index in [2.05, 4.69) is 65.8 Å². The molecule has 31 heavy (non-hydrogen) atoms. The standard InChI is InChI=1S/C24H22N2O2.C3H8/c1-11-7-17-19(9-13(11)3)27-23-16(6)22-24(15(5)21(23)25-17)28-20-10-14(4)12(2)8-18(20)26-22;1-3-2/h7-10H,1-6H3;3H2,1-2H3. The van der Waals surface area contributed by atoms with Gasteiger partial charge in [0, 0.05) is 11.1 Å². The van der Waals surface area contributed by atoms with E-state index < -0.39 is 0 Å². The lowest BCUT2D eigenvalue weighted by atomic mass is 10.0. The van der Waals surface area contributed by atoms with E-state index in [1.165, 1.54) is 28.7 Å². The SMILES string of the molecule is CCC.Cc1cc2c(cc1C)Oc1c(C)c3c(c(C)c1=N2)Oc1cc(C)c(C)cc1N=3. The van der Waals surface area contributed by atoms with E-state index in [0.717, 1.165) is 56.2 Å². The molecule has 0 atom stereocenters. The first-order valence-corrected chi connectivity index (χ1v) is 10.9. The fourth-order valence-corrected chi connectivity index (χ4v) is 3.78. The van der Waals surface area contributed by atoms with Crippen molar-refractivity contribution in [3.05, 3.63) is 68.4 Å². The molecule has 0 aliphatic carbocycles. The predicted octanol–water partition coefficient (Wildman–Crippen LogP) is 7.07. The third-order valence-corrected chi connectivity index (χ3v) is 5.86. The minimum atomic E-state index is 0.770. The van der Waals surface area contributed by atoms with Gasteiger partial charge in [0.1, 0.15) is 22.1 Å². The molecule has 5 rings (SSSR count). The third-order valence-electron chi connectivity index (χ3n) is 5.86. The Hall–Kier alpha value is -3.14. The van der Waals surface area contributed by atoms with Crippen molar-refractivity contribution in [2.75, 3.05) is 0 Å². The highest BCUT2D eigenvalue weighted by Crippen LogP contribution is 2.41. The van der Waals surface area contributed by atoms with Crippen LogP contribution in [0.2, 0.25) is 0 Å². The summed E-state index contributed by atoms with van der Waals surface area (Å²) in [5.41, 5.74) is 8.41. The zero-order chi connectivity index (χ0) is 22.4. The fraction of sp³-hybridized carbons (Fsp3) is 0.333. The molecule has 0 N–H and O–H groups in total. The summed E-state index contributed by atoms with van der Waals surface area (Å²) in [5.74, 6) is 3.13. The van der Waals surface area contributed by atoms with Crippen LogP contribution in [0.15, 0.2) is 34.3 Å². The Bertz CT molecular complexity index is 1230. The van der Waals surface area contributed by atoms with Crippen LogP contribution < -0.4 is 20.2 Å². The van der Waals surface area contributed by atoms with Gasteiger partial charge < -0.3 is 9.47 Å². The van der Waals surface area contributed by atoms with E-state index in [1.54, 1.807) is 0 Å². The molecule has 4 nitrogen and oxygen atoms in total. The maximum absolute atomic E-state index is 6.31. The first-order valence-electron chi connectivity index (χ1n) is 10.9. The topological polar surface area (TPSA) is 43.2 Å². The number of benzene rings is 3. The van der Waals surface area contributed by atoms with Gasteiger partial charge in [0.25, 0.3) is 0 Å². The average molecular weight is 415 g/mol. The van der Waals surface area contributed by atoms with E-state index in [0.29, 0.717) is 0 Å². The zero-order valence-corrected chi connectivity index (χ0v) is 19.7. The van der Waals surface area contributed by atoms with Crippen molar-refractivity contribution < 1.29 is 9.47 Å². The van der Waals surface area contributed by atoms with Crippen LogP contribution in [0.5, 0.6) is 23.0 Å². The lowest BCUT2D eigenvalue weighted by Crippen LogP contribution is -2.25. The highest BCUT2D eigenvalue weighted by Gasteiger charge is 2.25. The molecule has 0 fully saturated rings. The first-order chi connectivity index (χ1) is 14.7. The van der Waals surface area contributed by atoms with Crippen LogP contribution in [-0.2, 0) is 0 Å². The molecule has 0 radical (unpaired) electrons. The van der Waals surface area contributed by atoms with Crippen LogP contribution in [0.4, 0.5) is 11.4 Å². The maximum Gasteiger partial charge on any atom is 0.158 e. The second-order valence-corrected chi connectivity index (χ2v) is 8.55. The molecule has 3 aromatic rings. The molecule has 2 heterocycles. The Labute approximate surface area is 184 Å². The summed E-state index contributed by atoms with van der Waals surface area (Å²) in [5, 5.41) is 1.66. The Balaban J connectivity index is 0.000000730. The first kappa shape index (κ1) is 21.1. The van der Waals surface area contributed by atoms with Gasteiger partial charge in [-0.1, -0.05) is 20.3 Å². The second kappa shape index (κ2) is 7.84. The van der Waals surface area contributed by atoms with E-state index >= 15 is 0 Å². The predicted molar refractivity (Wildman–Crippen MR) is 125 cm³/mol. The minimum Gasteiger partial charge on any atom is -0.452 e. The zero-order valence-electron chi connectivity index (χ0n) is 19.7. The lowest BCUT2D eigenvalue weighted by Gasteiger charge is -2.23. The molecule has 0 amide bonds. The Morgan fingerprint density at radius 3 is 1.26 bits per heavy atom. The van der Waals surface area contributed by atoms with Gasteiger partial charge in [0.2, 0.25) is 0 Å². The molecule has 0 saturated heterocycles. The van der Waals surface area contributed by atoms with Gasteiger partial charge in [0.05, 0.1) is 0 Å². The molecule has 4 heteroatoms. The van der Waals surface area contributed by atoms with Crippen LogP contribution in [0, 0.1) is 41.5 Å². The van der Waals surface area contributed by atoms with Crippen molar-refractivity contribution in [2.24, 2.45) is 9.98 Å². The van der Waals surface area contributed by atoms with Gasteiger partial charge in [-0.05, 0) is 88.1 Å². The molecular weight excluding hydrogens is 384 g/mol. The molecule has 3 aromatic carbocycles. The van der Waals surface area contributed by atoms with Crippen LogP contribution in [0.3, 0.4) is 0 Å². The van der Waals surface area contributed by atoms with Crippen molar-refractivity contribution in [1.82, 2.24) is 0 Å². The van der Waals surface area contributed by atoms with Gasteiger partial charge in [-0.15, -0.1) is 0 Å². The highest BCUT2D eigenvalue weighted by atomic mass is 16.5. The summed E-state index contributed by atoms with van der Waals surface area (Å²) in [4.78, 5) is 9.84. The number of fused-ring (bicyclic) bond motifs is 4. The van der Waals surface area contributed by atoms with Gasteiger partial charge in [0.15, 0.2) is 23.0 Å². The molecule has 2 aliphatic rings. The number of aryl methyl sites for hydroxylation is 4. The fourth-order valence-electron chi connectivity index (χ4n) is 3.78. The average Bonchev–Trinajstić information content (AvgIpc) is 2.72. The Kier molecular flexibility index (Phi) is 5.34. The highest BCUT2D eigenvalue weighted by molar-refractivity contribution is 5.64. The number of hydrogen-bond donors (Lipinski definition) is 0. The molecular formula is C27H30N2O2. The van der Waals surface area contributed by atoms with Gasteiger partial charge in [-0.2, -0.15) is 0 Å². The normalized spacial score (nSPS) is 12.4. The number of rotatable bonds is 0. The summed E-state index contributed by atoms with van der Waals surface area (Å²) in [7, 11) is 0. The van der Waals surface area contributed by atoms with E-state index in [9.17, 15) is 0 Å². The van der Waals surface area contributed by atoms with Crippen LogP contribution in [0.25, 0.3) is 0 Å². The van der Waals surface area contributed by atoms with Gasteiger partial charge >= 0.3 is 0 Å². The molecule has 0 saturated carbocycles. The van der Waals surface area contributed by atoms with Crippen molar-refractivity contribution in [3.8, 4) is 23.0 Å². The molecule has 2 aliphatic heterocycles. The largest absolute Gasteiger partial charge is 0.452 e. The summed E-state index contributed by atoms with van der Waals surface area (Å²) in [6, 6.07) is 8.27. The number of nitrogens with zero attached hydrogens (tertiary/aromatic N) is 2. The summed E-state index contributed by atoms with van der Waals surface area (Å²) >= 11 is 0. The van der Waals surface area contributed by atoms with Crippen molar-refractivity contribution in [1.29, 1.82) is 0 Å². The van der Waals surface area contributed by atoms with Crippen molar-refractivity contribution in [2.45, 2.75) is 61.8 Å². The van der Waals surface area contributed by atoms with Gasteiger partial charge in [-0.25, -0.2) is 9.98 Å². The summed E-state index contributed by atoms with van der Waals surface area (Å²) in [6.07, 6.45) is 1.25. The van der Waals surface area contributed by atoms with Crippen LogP contribution >= 0.6 is 0 Å². The van der Waals surface area contributed by atoms with E-state index in [-0.39, 0.29) is 0 Å². The molecule has 0 spiro atoms. The monoisotopic (exact) mass is 414 g/mol. The van der Waals surface area contributed by atoms with E-state index in [1.807, 2.05) is 13.8 Å². The number of ether oxygens (including phenoxy) is 2. The summed E-state index contributed by atoms with van der Waals surface area (Å²) < 4.78 is 12.6. The quantitative estimate of drug-likeness (QED) is 0.272. The maximum atomic E-state index is 6.31. The molecule has 160 valence electrons. The molecule has 0 unspecified atom stereocenters. The third kappa shape index (κ3) is 3.50. The Morgan fingerprint density at radius 1 is 0.581 bits per heavy atom. The lowest BCUT2D eigenvalue weighted by molar-refractivity contribution is 0.442. The van der Waals surface area contributed by atoms with Crippen LogP contribution in [-0.4, -0.2) is 0 Å². The van der Waals surface area contributed by atoms with Crippen molar-refractivity contribution in [3.63, 3.8) is 0 Å². The minimum absolute atomic E-state index is 0.770. The smallest absolute Gasteiger partial charge is 0.158 e. The summed E-state index contributed by atoms with van der Waals surface area (Å²) in [6.45, 7) is 16.7. The van der Waals surface area contributed by atoms with Crippen LogP contribution in [0.1, 0.15) is 53.6 Å². The molecule has 0 aromatic heterocycles. The second-order valence-electron chi connectivity index (χ2n) is 8.55. The van der Waals surface area contributed by atoms with Crippen molar-refractivity contribution >= 4 is 11.4 Å². The Morgan fingerprint density at radius 2 is 0.903 bits per heavy atom. The van der Waals surface area contributed by atoms with Gasteiger partial charge in [-0.3, -0.25) is 0 Å².